The highest BCUT2D eigenvalue weighted by atomic mass is 19.1. The van der Waals surface area contributed by atoms with E-state index in [2.05, 4.69) is 20.0 Å². The summed E-state index contributed by atoms with van der Waals surface area (Å²) in [7, 11) is 0. The zero-order chi connectivity index (χ0) is 19.5. The summed E-state index contributed by atoms with van der Waals surface area (Å²) in [5.41, 5.74) is 1.31. The number of aryl methyl sites for hydroxylation is 1. The lowest BCUT2D eigenvalue weighted by Crippen LogP contribution is -2.49. The molecule has 0 bridgehead atoms. The largest absolute Gasteiger partial charge is 0.353 e. The number of hydrogen-bond donors (Lipinski definition) is 0. The number of nitrogens with zero attached hydrogens (tertiary/aromatic N) is 5. The molecule has 0 spiro atoms. The molecule has 144 valence electrons. The Labute approximate surface area is 161 Å². The number of carbonyl (C=O) groups excluding carboxylic acids is 1. The van der Waals surface area contributed by atoms with Crippen LogP contribution in [-0.2, 0) is 6.42 Å². The number of carbonyl (C=O) groups is 1. The van der Waals surface area contributed by atoms with Crippen LogP contribution in [0.1, 0.15) is 23.2 Å². The Morgan fingerprint density at radius 3 is 2.46 bits per heavy atom. The monoisotopic (exact) mass is 381 g/mol. The van der Waals surface area contributed by atoms with Crippen LogP contribution in [0.4, 0.5) is 10.2 Å². The zero-order valence-corrected chi connectivity index (χ0v) is 15.5. The molecular weight excluding hydrogens is 361 g/mol. The summed E-state index contributed by atoms with van der Waals surface area (Å²) in [6, 6.07) is 9.50. The molecule has 0 unspecified atom stereocenters. The Hall–Kier alpha value is -3.29. The van der Waals surface area contributed by atoms with Gasteiger partial charge in [-0.1, -0.05) is 12.1 Å². The quantitative estimate of drug-likeness (QED) is 0.692. The first-order chi connectivity index (χ1) is 13.6. The minimum atomic E-state index is -0.345. The highest BCUT2D eigenvalue weighted by Crippen LogP contribution is 2.20. The lowest BCUT2D eigenvalue weighted by atomic mass is 10.1. The van der Waals surface area contributed by atoms with Gasteiger partial charge in [0.25, 0.3) is 5.91 Å². The van der Waals surface area contributed by atoms with Gasteiger partial charge in [-0.25, -0.2) is 9.37 Å². The molecule has 0 N–H and O–H groups in total. The smallest absolute Gasteiger partial charge is 0.253 e. The van der Waals surface area contributed by atoms with Crippen molar-refractivity contribution in [2.24, 2.45) is 0 Å². The van der Waals surface area contributed by atoms with Crippen molar-refractivity contribution in [1.29, 1.82) is 0 Å². The SMILES string of the molecule is CCc1nc(-c2ccc(N3CCN(C(=O)c4ccc(F)cc4)CC3)nc2)no1. The number of hydrogen-bond acceptors (Lipinski definition) is 6. The van der Waals surface area contributed by atoms with Gasteiger partial charge in [0, 0.05) is 49.9 Å². The average molecular weight is 381 g/mol. The van der Waals surface area contributed by atoms with E-state index in [1.807, 2.05) is 19.1 Å². The maximum atomic E-state index is 13.0. The van der Waals surface area contributed by atoms with Crippen LogP contribution in [0.25, 0.3) is 11.4 Å². The number of rotatable bonds is 4. The number of halogens is 1. The molecule has 1 amide bonds. The van der Waals surface area contributed by atoms with E-state index < -0.39 is 0 Å². The highest BCUT2D eigenvalue weighted by molar-refractivity contribution is 5.94. The number of piperazine rings is 1. The van der Waals surface area contributed by atoms with Crippen molar-refractivity contribution >= 4 is 11.7 Å². The fourth-order valence-corrected chi connectivity index (χ4v) is 3.13. The molecule has 8 heteroatoms. The van der Waals surface area contributed by atoms with Crippen molar-refractivity contribution in [3.63, 3.8) is 0 Å². The molecule has 1 fully saturated rings. The van der Waals surface area contributed by atoms with Gasteiger partial charge in [0.15, 0.2) is 0 Å². The average Bonchev–Trinajstić information content (AvgIpc) is 3.23. The fraction of sp³-hybridized carbons (Fsp3) is 0.300. The minimum Gasteiger partial charge on any atom is -0.353 e. The summed E-state index contributed by atoms with van der Waals surface area (Å²) in [5, 5.41) is 3.96. The van der Waals surface area contributed by atoms with Crippen molar-refractivity contribution in [1.82, 2.24) is 20.0 Å². The maximum Gasteiger partial charge on any atom is 0.253 e. The Kier molecular flexibility index (Phi) is 5.01. The molecule has 1 saturated heterocycles. The van der Waals surface area contributed by atoms with Gasteiger partial charge in [0.05, 0.1) is 0 Å². The summed E-state index contributed by atoms with van der Waals surface area (Å²) >= 11 is 0. The number of anilines is 1. The van der Waals surface area contributed by atoms with Crippen molar-refractivity contribution in [2.75, 3.05) is 31.1 Å². The van der Waals surface area contributed by atoms with Crippen LogP contribution in [0.15, 0.2) is 47.1 Å². The molecule has 0 saturated carbocycles. The number of pyridine rings is 1. The van der Waals surface area contributed by atoms with Crippen LogP contribution in [0.2, 0.25) is 0 Å². The summed E-state index contributed by atoms with van der Waals surface area (Å²) in [4.78, 5) is 25.3. The van der Waals surface area contributed by atoms with Crippen LogP contribution in [0.5, 0.6) is 0 Å². The van der Waals surface area contributed by atoms with E-state index in [0.29, 0.717) is 49.9 Å². The van der Waals surface area contributed by atoms with Crippen LogP contribution in [-0.4, -0.2) is 52.1 Å². The third-order valence-electron chi connectivity index (χ3n) is 4.76. The van der Waals surface area contributed by atoms with Crippen LogP contribution < -0.4 is 4.90 Å². The molecule has 3 heterocycles. The lowest BCUT2D eigenvalue weighted by Gasteiger charge is -2.35. The number of amides is 1. The van der Waals surface area contributed by atoms with Gasteiger partial charge in [-0.3, -0.25) is 4.79 Å². The third kappa shape index (κ3) is 3.71. The van der Waals surface area contributed by atoms with Gasteiger partial charge in [0.2, 0.25) is 11.7 Å². The summed E-state index contributed by atoms with van der Waals surface area (Å²) in [6.45, 7) is 4.50. The van der Waals surface area contributed by atoms with Crippen LogP contribution in [0.3, 0.4) is 0 Å². The normalized spacial score (nSPS) is 14.4. The maximum absolute atomic E-state index is 13.0. The van der Waals surface area contributed by atoms with E-state index in [1.165, 1.54) is 24.3 Å². The Balaban J connectivity index is 1.38. The van der Waals surface area contributed by atoms with Crippen molar-refractivity contribution in [3.05, 3.63) is 59.9 Å². The molecule has 0 atom stereocenters. The molecule has 3 aromatic rings. The van der Waals surface area contributed by atoms with E-state index in [4.69, 9.17) is 4.52 Å². The van der Waals surface area contributed by atoms with Crippen LogP contribution >= 0.6 is 0 Å². The molecule has 0 aliphatic carbocycles. The second-order valence-corrected chi connectivity index (χ2v) is 6.56. The van der Waals surface area contributed by atoms with E-state index in [0.717, 1.165) is 11.4 Å². The molecule has 1 aliphatic rings. The van der Waals surface area contributed by atoms with Gasteiger partial charge in [-0.15, -0.1) is 0 Å². The number of aromatic nitrogens is 3. The zero-order valence-electron chi connectivity index (χ0n) is 15.5. The van der Waals surface area contributed by atoms with Gasteiger partial charge in [0.1, 0.15) is 11.6 Å². The summed E-state index contributed by atoms with van der Waals surface area (Å²) in [6.07, 6.45) is 2.43. The fourth-order valence-electron chi connectivity index (χ4n) is 3.13. The summed E-state index contributed by atoms with van der Waals surface area (Å²) < 4.78 is 18.2. The van der Waals surface area contributed by atoms with E-state index in [-0.39, 0.29) is 11.7 Å². The molecule has 1 aromatic carbocycles. The first-order valence-corrected chi connectivity index (χ1v) is 9.23. The second-order valence-electron chi connectivity index (χ2n) is 6.56. The second kappa shape index (κ2) is 7.75. The van der Waals surface area contributed by atoms with Crippen molar-refractivity contribution < 1.29 is 13.7 Å². The predicted octanol–water partition coefficient (Wildman–Crippen LogP) is 2.80. The topological polar surface area (TPSA) is 75.4 Å². The standard InChI is InChI=1S/C20H20FN5O2/c1-2-18-23-19(24-28-18)15-5-8-17(22-13-15)25-9-11-26(12-10-25)20(27)14-3-6-16(21)7-4-14/h3-8,13H,2,9-12H2,1H3. The first kappa shape index (κ1) is 18.1. The van der Waals surface area contributed by atoms with Crippen molar-refractivity contribution in [3.8, 4) is 11.4 Å². The molecule has 7 nitrogen and oxygen atoms in total. The van der Waals surface area contributed by atoms with E-state index in [1.54, 1.807) is 11.1 Å². The molecule has 0 radical (unpaired) electrons. The van der Waals surface area contributed by atoms with Crippen LogP contribution in [0, 0.1) is 5.82 Å². The lowest BCUT2D eigenvalue weighted by molar-refractivity contribution is 0.0746. The third-order valence-corrected chi connectivity index (χ3v) is 4.76. The molecule has 28 heavy (non-hydrogen) atoms. The Morgan fingerprint density at radius 2 is 1.86 bits per heavy atom. The van der Waals surface area contributed by atoms with Crippen molar-refractivity contribution in [2.45, 2.75) is 13.3 Å². The number of benzene rings is 1. The molecule has 1 aliphatic heterocycles. The molecule has 2 aromatic heterocycles. The molecular formula is C20H20FN5O2. The minimum absolute atomic E-state index is 0.0770. The Bertz CT molecular complexity index is 947. The van der Waals surface area contributed by atoms with Gasteiger partial charge >= 0.3 is 0 Å². The highest BCUT2D eigenvalue weighted by Gasteiger charge is 2.23. The van der Waals surface area contributed by atoms with E-state index >= 15 is 0 Å². The van der Waals surface area contributed by atoms with Gasteiger partial charge < -0.3 is 14.3 Å². The first-order valence-electron chi connectivity index (χ1n) is 9.23. The van der Waals surface area contributed by atoms with E-state index in [9.17, 15) is 9.18 Å². The van der Waals surface area contributed by atoms with Gasteiger partial charge in [-0.2, -0.15) is 4.98 Å². The van der Waals surface area contributed by atoms with Gasteiger partial charge in [-0.05, 0) is 36.4 Å². The predicted molar refractivity (Wildman–Crippen MR) is 101 cm³/mol. The molecule has 4 rings (SSSR count). The Morgan fingerprint density at radius 1 is 1.11 bits per heavy atom. The summed E-state index contributed by atoms with van der Waals surface area (Å²) in [5.74, 6) is 1.55.